The minimum absolute atomic E-state index is 0.595. The summed E-state index contributed by atoms with van der Waals surface area (Å²) in [6, 6.07) is 6.48. The number of anilines is 1. The van der Waals surface area contributed by atoms with Crippen LogP contribution in [0.2, 0.25) is 0 Å². The van der Waals surface area contributed by atoms with Crippen molar-refractivity contribution in [1.82, 2.24) is 10.2 Å². The van der Waals surface area contributed by atoms with Gasteiger partial charge in [-0.15, -0.1) is 10.2 Å². The molecule has 0 saturated carbocycles. The van der Waals surface area contributed by atoms with Crippen molar-refractivity contribution in [3.05, 3.63) is 41.1 Å². The van der Waals surface area contributed by atoms with E-state index in [9.17, 15) is 0 Å². The van der Waals surface area contributed by atoms with E-state index in [0.29, 0.717) is 18.3 Å². The van der Waals surface area contributed by atoms with Crippen LogP contribution < -0.4 is 5.32 Å². The van der Waals surface area contributed by atoms with Gasteiger partial charge in [0.05, 0.1) is 6.54 Å². The second-order valence-corrected chi connectivity index (χ2v) is 4.72. The molecule has 0 bridgehead atoms. The predicted molar refractivity (Wildman–Crippen MR) is 69.4 cm³/mol. The molecular weight excluding hydrogens is 226 g/mol. The van der Waals surface area contributed by atoms with Crippen molar-refractivity contribution in [3.63, 3.8) is 0 Å². The van der Waals surface area contributed by atoms with Crippen molar-refractivity contribution in [1.29, 1.82) is 0 Å². The van der Waals surface area contributed by atoms with Crippen LogP contribution in [0.1, 0.15) is 35.7 Å². The topological polar surface area (TPSA) is 51.0 Å². The molecule has 18 heavy (non-hydrogen) atoms. The van der Waals surface area contributed by atoms with Gasteiger partial charge in [-0.3, -0.25) is 0 Å². The molecule has 1 aromatic heterocycles. The Hall–Kier alpha value is -1.84. The number of aryl methyl sites for hydroxylation is 2. The molecule has 0 radical (unpaired) electrons. The average molecular weight is 243 g/mol. The third-order valence-electron chi connectivity index (χ3n) is 3.39. The largest absolute Gasteiger partial charge is 0.424 e. The average Bonchev–Trinajstić information content (AvgIpc) is 2.82. The number of nitrogens with zero attached hydrogens (tertiary/aromatic N) is 2. The summed E-state index contributed by atoms with van der Waals surface area (Å²) in [4.78, 5) is 0. The molecule has 4 nitrogen and oxygen atoms in total. The zero-order valence-electron chi connectivity index (χ0n) is 10.6. The van der Waals surface area contributed by atoms with Crippen LogP contribution in [0.3, 0.4) is 0 Å². The summed E-state index contributed by atoms with van der Waals surface area (Å²) in [6.07, 6.45) is 4.95. The Kier molecular flexibility index (Phi) is 3.00. The molecule has 0 amide bonds. The van der Waals surface area contributed by atoms with Gasteiger partial charge in [-0.1, -0.05) is 12.1 Å². The highest BCUT2D eigenvalue weighted by Crippen LogP contribution is 2.28. The lowest BCUT2D eigenvalue weighted by Crippen LogP contribution is -2.08. The number of hydrogen-bond acceptors (Lipinski definition) is 4. The zero-order chi connectivity index (χ0) is 12.4. The molecule has 94 valence electrons. The molecule has 1 aliphatic rings. The smallest absolute Gasteiger partial charge is 0.235 e. The first-order chi connectivity index (χ1) is 8.83. The normalized spacial score (nSPS) is 14.3. The third-order valence-corrected chi connectivity index (χ3v) is 3.39. The summed E-state index contributed by atoms with van der Waals surface area (Å²) in [5.41, 5.74) is 4.15. The van der Waals surface area contributed by atoms with Gasteiger partial charge in [-0.25, -0.2) is 0 Å². The van der Waals surface area contributed by atoms with E-state index in [1.807, 2.05) is 0 Å². The van der Waals surface area contributed by atoms with Crippen molar-refractivity contribution < 1.29 is 4.42 Å². The highest BCUT2D eigenvalue weighted by atomic mass is 16.4. The van der Waals surface area contributed by atoms with Gasteiger partial charge in [-0.05, 0) is 42.9 Å². The summed E-state index contributed by atoms with van der Waals surface area (Å²) in [6.45, 7) is 2.40. The molecule has 4 heteroatoms. The van der Waals surface area contributed by atoms with E-state index in [2.05, 4.69) is 33.7 Å². The Labute approximate surface area is 106 Å². The number of fused-ring (bicyclic) bond motifs is 1. The first-order valence-electron chi connectivity index (χ1n) is 6.46. The van der Waals surface area contributed by atoms with Crippen LogP contribution in [0.5, 0.6) is 0 Å². The van der Waals surface area contributed by atoms with Gasteiger partial charge in [0, 0.05) is 12.6 Å². The number of nitrogens with one attached hydrogen (secondary N) is 1. The number of hydrogen-bond donors (Lipinski definition) is 1. The van der Waals surface area contributed by atoms with E-state index < -0.39 is 0 Å². The van der Waals surface area contributed by atoms with Crippen LogP contribution in [0.25, 0.3) is 0 Å². The lowest BCUT2D eigenvalue weighted by molar-refractivity contribution is 0.474. The first-order valence-corrected chi connectivity index (χ1v) is 6.46. The van der Waals surface area contributed by atoms with Crippen LogP contribution >= 0.6 is 0 Å². The van der Waals surface area contributed by atoms with E-state index in [1.54, 1.807) is 6.92 Å². The maximum absolute atomic E-state index is 5.36. The highest BCUT2D eigenvalue weighted by Gasteiger charge is 2.13. The Morgan fingerprint density at radius 3 is 2.94 bits per heavy atom. The number of aromatic nitrogens is 2. The van der Waals surface area contributed by atoms with E-state index in [-0.39, 0.29) is 0 Å². The maximum Gasteiger partial charge on any atom is 0.235 e. The van der Waals surface area contributed by atoms with Gasteiger partial charge < -0.3 is 9.73 Å². The van der Waals surface area contributed by atoms with Crippen LogP contribution in [-0.2, 0) is 19.4 Å². The van der Waals surface area contributed by atoms with Gasteiger partial charge in [-0.2, -0.15) is 0 Å². The summed E-state index contributed by atoms with van der Waals surface area (Å²) < 4.78 is 5.36. The highest BCUT2D eigenvalue weighted by molar-refractivity contribution is 5.55. The predicted octanol–water partition coefficient (Wildman–Crippen LogP) is 2.87. The standard InChI is InChI=1S/C14H17N3O/c1-10-16-17-14(18-10)9-15-13-8-4-6-11-5-2-3-7-12(11)13/h4,6,8,15H,2-3,5,7,9H2,1H3. The molecule has 0 unspecified atom stereocenters. The van der Waals surface area contributed by atoms with Crippen LogP contribution in [-0.4, -0.2) is 10.2 Å². The summed E-state index contributed by atoms with van der Waals surface area (Å²) in [5.74, 6) is 1.25. The molecule has 0 atom stereocenters. The van der Waals surface area contributed by atoms with Crippen LogP contribution in [0.4, 0.5) is 5.69 Å². The summed E-state index contributed by atoms with van der Waals surface area (Å²) in [5, 5.41) is 11.2. The second-order valence-electron chi connectivity index (χ2n) is 4.72. The fraction of sp³-hybridized carbons (Fsp3) is 0.429. The molecule has 2 aromatic rings. The SMILES string of the molecule is Cc1nnc(CNc2cccc3c2CCCC3)o1. The Morgan fingerprint density at radius 2 is 2.11 bits per heavy atom. The molecule has 3 rings (SSSR count). The van der Waals surface area contributed by atoms with E-state index in [4.69, 9.17) is 4.42 Å². The molecule has 1 aliphatic carbocycles. The van der Waals surface area contributed by atoms with Gasteiger partial charge in [0.15, 0.2) is 0 Å². The van der Waals surface area contributed by atoms with Crippen LogP contribution in [0.15, 0.2) is 22.6 Å². The molecular formula is C14H17N3O. The second kappa shape index (κ2) is 4.80. The molecule has 1 N–H and O–H groups in total. The van der Waals surface area contributed by atoms with E-state index >= 15 is 0 Å². The zero-order valence-corrected chi connectivity index (χ0v) is 10.6. The molecule has 0 spiro atoms. The van der Waals surface area contributed by atoms with E-state index in [0.717, 1.165) is 0 Å². The van der Waals surface area contributed by atoms with Gasteiger partial charge >= 0.3 is 0 Å². The summed E-state index contributed by atoms with van der Waals surface area (Å²) >= 11 is 0. The monoisotopic (exact) mass is 243 g/mol. The Morgan fingerprint density at radius 1 is 1.22 bits per heavy atom. The minimum Gasteiger partial charge on any atom is -0.424 e. The fourth-order valence-corrected chi connectivity index (χ4v) is 2.53. The van der Waals surface area contributed by atoms with Crippen molar-refractivity contribution in [2.75, 3.05) is 5.32 Å². The summed E-state index contributed by atoms with van der Waals surface area (Å²) in [7, 11) is 0. The molecule has 1 heterocycles. The Balaban J connectivity index is 1.76. The molecule has 0 aliphatic heterocycles. The van der Waals surface area contributed by atoms with Crippen molar-refractivity contribution in [3.8, 4) is 0 Å². The van der Waals surface area contributed by atoms with Gasteiger partial charge in [0.1, 0.15) is 0 Å². The lowest BCUT2D eigenvalue weighted by Gasteiger charge is -2.19. The number of rotatable bonds is 3. The van der Waals surface area contributed by atoms with Crippen molar-refractivity contribution in [2.45, 2.75) is 39.2 Å². The van der Waals surface area contributed by atoms with Crippen LogP contribution in [0, 0.1) is 6.92 Å². The minimum atomic E-state index is 0.595. The molecule has 0 saturated heterocycles. The molecule has 1 aromatic carbocycles. The Bertz CT molecular complexity index is 548. The lowest BCUT2D eigenvalue weighted by atomic mass is 9.90. The fourth-order valence-electron chi connectivity index (χ4n) is 2.53. The number of benzene rings is 1. The third kappa shape index (κ3) is 2.23. The maximum atomic E-state index is 5.36. The van der Waals surface area contributed by atoms with Gasteiger partial charge in [0.25, 0.3) is 0 Å². The first kappa shape index (κ1) is 11.3. The van der Waals surface area contributed by atoms with Gasteiger partial charge in [0.2, 0.25) is 11.8 Å². The van der Waals surface area contributed by atoms with E-state index in [1.165, 1.54) is 42.5 Å². The molecule has 0 fully saturated rings. The quantitative estimate of drug-likeness (QED) is 0.900. The van der Waals surface area contributed by atoms with Crippen molar-refractivity contribution >= 4 is 5.69 Å². The van der Waals surface area contributed by atoms with Crippen molar-refractivity contribution in [2.24, 2.45) is 0 Å².